The van der Waals surface area contributed by atoms with Crippen molar-refractivity contribution in [2.45, 2.75) is 39.0 Å². The number of anilines is 2. The predicted molar refractivity (Wildman–Crippen MR) is 194 cm³/mol. The van der Waals surface area contributed by atoms with E-state index < -0.39 is 0 Å². The van der Waals surface area contributed by atoms with Crippen molar-refractivity contribution in [3.8, 4) is 11.5 Å². The van der Waals surface area contributed by atoms with Gasteiger partial charge in [0.05, 0.1) is 24.5 Å². The summed E-state index contributed by atoms with van der Waals surface area (Å²) >= 11 is 0. The number of amides is 4. The molecule has 0 spiro atoms. The number of piperazine rings is 1. The number of nitrogens with zero attached hydrogens (tertiary/aromatic N) is 3. The van der Waals surface area contributed by atoms with Crippen molar-refractivity contribution in [3.63, 3.8) is 0 Å². The molecule has 1 saturated heterocycles. The van der Waals surface area contributed by atoms with Gasteiger partial charge in [-0.25, -0.2) is 0 Å². The maximum absolute atomic E-state index is 13.4. The van der Waals surface area contributed by atoms with E-state index in [1.54, 1.807) is 60.5 Å². The number of carbonyl (C=O) groups excluding carboxylic acids is 4. The zero-order chi connectivity index (χ0) is 34.3. The molecule has 3 aromatic carbocycles. The maximum atomic E-state index is 13.4. The molecule has 0 atom stereocenters. The second kappa shape index (κ2) is 20.0. The van der Waals surface area contributed by atoms with Gasteiger partial charge in [0.15, 0.2) is 0 Å². The van der Waals surface area contributed by atoms with Crippen LogP contribution < -0.4 is 25.0 Å². The summed E-state index contributed by atoms with van der Waals surface area (Å²) in [5.41, 5.74) is 2.03. The van der Waals surface area contributed by atoms with Crippen LogP contribution in [-0.4, -0.2) is 93.5 Å². The molecular weight excluding hydrogens is 646 g/mol. The lowest BCUT2D eigenvalue weighted by atomic mass is 10.1. The summed E-state index contributed by atoms with van der Waals surface area (Å²) in [5, 5.41) is 5.59. The van der Waals surface area contributed by atoms with Gasteiger partial charge in [-0.15, -0.1) is 12.4 Å². The van der Waals surface area contributed by atoms with Crippen molar-refractivity contribution < 1.29 is 28.7 Å². The van der Waals surface area contributed by atoms with Gasteiger partial charge in [-0.3, -0.25) is 19.2 Å². The van der Waals surface area contributed by atoms with Crippen molar-refractivity contribution in [1.29, 1.82) is 0 Å². The van der Waals surface area contributed by atoms with Crippen molar-refractivity contribution >= 4 is 47.4 Å². The fourth-order valence-corrected chi connectivity index (χ4v) is 5.30. The molecule has 49 heavy (non-hydrogen) atoms. The molecule has 3 aromatic rings. The van der Waals surface area contributed by atoms with Crippen LogP contribution in [0.3, 0.4) is 0 Å². The van der Waals surface area contributed by atoms with Crippen LogP contribution in [-0.2, 0) is 9.59 Å². The Morgan fingerprint density at radius 3 is 2.12 bits per heavy atom. The molecule has 2 N–H and O–H groups in total. The lowest BCUT2D eigenvalue weighted by Gasteiger charge is -2.32. The summed E-state index contributed by atoms with van der Waals surface area (Å²) in [6.07, 6.45) is 3.69. The van der Waals surface area contributed by atoms with Crippen LogP contribution in [0.1, 0.15) is 59.7 Å². The van der Waals surface area contributed by atoms with Crippen LogP contribution in [0.25, 0.3) is 0 Å². The van der Waals surface area contributed by atoms with E-state index >= 15 is 0 Å². The monoisotopic (exact) mass is 693 g/mol. The van der Waals surface area contributed by atoms with Gasteiger partial charge in [-0.1, -0.05) is 24.3 Å². The quantitative estimate of drug-likeness (QED) is 0.197. The molecular formula is C37H48ClN5O6. The third kappa shape index (κ3) is 12.1. The highest BCUT2D eigenvalue weighted by Gasteiger charge is 2.20. The first-order chi connectivity index (χ1) is 23.2. The summed E-state index contributed by atoms with van der Waals surface area (Å²) in [6, 6.07) is 21.1. The Morgan fingerprint density at radius 1 is 0.776 bits per heavy atom. The van der Waals surface area contributed by atoms with E-state index in [0.717, 1.165) is 45.4 Å². The van der Waals surface area contributed by atoms with Crippen LogP contribution in [0.15, 0.2) is 72.8 Å². The Morgan fingerprint density at radius 2 is 1.41 bits per heavy atom. The van der Waals surface area contributed by atoms with Crippen molar-refractivity contribution in [3.05, 3.63) is 83.9 Å². The molecule has 0 unspecified atom stereocenters. The minimum Gasteiger partial charge on any atom is -0.493 e. The van der Waals surface area contributed by atoms with Gasteiger partial charge in [0.25, 0.3) is 11.8 Å². The lowest BCUT2D eigenvalue weighted by Crippen LogP contribution is -2.47. The van der Waals surface area contributed by atoms with Crippen LogP contribution in [0.4, 0.5) is 11.4 Å². The Balaban J connectivity index is 0.00000650. The summed E-state index contributed by atoms with van der Waals surface area (Å²) in [5.74, 6) is 0.636. The topological polar surface area (TPSA) is 121 Å². The number of rotatable bonds is 16. The van der Waals surface area contributed by atoms with Crippen LogP contribution in [0.5, 0.6) is 11.5 Å². The minimum absolute atomic E-state index is 0. The Kier molecular flexibility index (Phi) is 15.9. The Labute approximate surface area is 295 Å². The smallest absolute Gasteiger partial charge is 0.259 e. The van der Waals surface area contributed by atoms with Crippen molar-refractivity contribution in [1.82, 2.24) is 15.1 Å². The normalized spacial score (nSPS) is 12.8. The molecule has 4 rings (SSSR count). The van der Waals surface area contributed by atoms with E-state index in [0.29, 0.717) is 66.6 Å². The molecule has 1 heterocycles. The minimum atomic E-state index is -0.337. The number of hydrogen-bond donors (Lipinski definition) is 2. The number of benzene rings is 3. The van der Waals surface area contributed by atoms with E-state index in [9.17, 15) is 19.2 Å². The number of hydrogen-bond acceptors (Lipinski definition) is 7. The first-order valence-electron chi connectivity index (χ1n) is 16.6. The summed E-state index contributed by atoms with van der Waals surface area (Å²) in [6.45, 7) is 6.25. The first kappa shape index (κ1) is 38.8. The molecule has 0 radical (unpaired) electrons. The lowest BCUT2D eigenvalue weighted by molar-refractivity contribution is -0.132. The van der Waals surface area contributed by atoms with Gasteiger partial charge in [-0.2, -0.15) is 0 Å². The highest BCUT2D eigenvalue weighted by Crippen LogP contribution is 2.29. The second-order valence-corrected chi connectivity index (χ2v) is 11.9. The summed E-state index contributed by atoms with van der Waals surface area (Å²) in [4.78, 5) is 55.7. The van der Waals surface area contributed by atoms with E-state index in [-0.39, 0.29) is 36.0 Å². The standard InChI is InChI=1S/C37H47N5O6.ClH/c1-28(43)38-21-11-27-47-33-14-8-6-12-31(33)36(45)39-30-19-17-29(18-20-30)37(46)41(3)32-13-7-9-15-34(32)48-26-10-4-5-16-35(44)42-24-22-40(2)23-25-42;/h6-9,12-15,17-20H,4-5,10-11,16,21-27H2,1-3H3,(H,38,43)(H,39,45);1H. The average molecular weight is 694 g/mol. The van der Waals surface area contributed by atoms with Crippen molar-refractivity contribution in [2.75, 3.05) is 70.2 Å². The number of unbranched alkanes of at least 4 members (excludes halogenated alkanes) is 2. The zero-order valence-corrected chi connectivity index (χ0v) is 29.4. The van der Waals surface area contributed by atoms with Gasteiger partial charge >= 0.3 is 0 Å². The van der Waals surface area contributed by atoms with E-state index in [4.69, 9.17) is 9.47 Å². The van der Waals surface area contributed by atoms with Gasteiger partial charge in [0.1, 0.15) is 11.5 Å². The van der Waals surface area contributed by atoms with E-state index in [2.05, 4.69) is 22.6 Å². The van der Waals surface area contributed by atoms with E-state index in [1.807, 2.05) is 29.2 Å². The third-order valence-electron chi connectivity index (χ3n) is 8.15. The van der Waals surface area contributed by atoms with Crippen LogP contribution >= 0.6 is 12.4 Å². The number of halogens is 1. The Hall–Kier alpha value is -4.61. The van der Waals surface area contributed by atoms with Crippen molar-refractivity contribution in [2.24, 2.45) is 0 Å². The third-order valence-corrected chi connectivity index (χ3v) is 8.15. The van der Waals surface area contributed by atoms with Gasteiger partial charge in [0.2, 0.25) is 11.8 Å². The molecule has 0 bridgehead atoms. The van der Waals surface area contributed by atoms with Crippen LogP contribution in [0.2, 0.25) is 0 Å². The predicted octanol–water partition coefficient (Wildman–Crippen LogP) is 5.26. The first-order valence-corrected chi connectivity index (χ1v) is 16.6. The number of ether oxygens (including phenoxy) is 2. The molecule has 11 nitrogen and oxygen atoms in total. The number of para-hydroxylation sites is 3. The highest BCUT2D eigenvalue weighted by molar-refractivity contribution is 6.08. The number of carbonyl (C=O) groups is 4. The zero-order valence-electron chi connectivity index (χ0n) is 28.6. The molecule has 1 aliphatic heterocycles. The molecule has 0 aromatic heterocycles. The highest BCUT2D eigenvalue weighted by atomic mass is 35.5. The van der Waals surface area contributed by atoms with Crippen LogP contribution in [0, 0.1) is 0 Å². The molecule has 4 amide bonds. The maximum Gasteiger partial charge on any atom is 0.259 e. The molecule has 0 saturated carbocycles. The molecule has 1 fully saturated rings. The Bertz CT molecular complexity index is 1530. The molecule has 0 aliphatic carbocycles. The molecule has 12 heteroatoms. The van der Waals surface area contributed by atoms with Gasteiger partial charge in [0, 0.05) is 64.4 Å². The molecule has 1 aliphatic rings. The molecule has 264 valence electrons. The fraction of sp³-hybridized carbons (Fsp3) is 0.405. The number of nitrogens with one attached hydrogen (secondary N) is 2. The second-order valence-electron chi connectivity index (χ2n) is 11.9. The van der Waals surface area contributed by atoms with Gasteiger partial charge < -0.3 is 34.8 Å². The summed E-state index contributed by atoms with van der Waals surface area (Å²) in [7, 11) is 3.78. The SMILES string of the molecule is CC(=O)NCCCOc1ccccc1C(=O)Nc1ccc(C(=O)N(C)c2ccccc2OCCCCCC(=O)N2CCN(C)CC2)cc1.Cl. The summed E-state index contributed by atoms with van der Waals surface area (Å²) < 4.78 is 11.9. The van der Waals surface area contributed by atoms with E-state index in [1.165, 1.54) is 6.92 Å². The van der Waals surface area contributed by atoms with Gasteiger partial charge in [-0.05, 0) is 81.3 Å². The fourth-order valence-electron chi connectivity index (χ4n) is 5.30. The number of likely N-dealkylation sites (N-methyl/N-ethyl adjacent to an activating group) is 1. The largest absolute Gasteiger partial charge is 0.493 e. The average Bonchev–Trinajstić information content (AvgIpc) is 3.09.